The summed E-state index contributed by atoms with van der Waals surface area (Å²) in [6, 6.07) is 8.09. The van der Waals surface area contributed by atoms with E-state index in [1.165, 1.54) is 5.69 Å². The standard InChI is InChI=1S/C20H24BrN3O2/c1-23(13-16-8-5-11-26-16)20(25)19-17-9-2-3-10-18(17)24(22-19)15-7-4-6-14(21)12-15/h4,6-7,12,16H,2-3,5,8-11,13H2,1H3. The predicted molar refractivity (Wildman–Crippen MR) is 104 cm³/mol. The van der Waals surface area contributed by atoms with Gasteiger partial charge in [0.25, 0.3) is 5.91 Å². The predicted octanol–water partition coefficient (Wildman–Crippen LogP) is 3.76. The van der Waals surface area contributed by atoms with Crippen LogP contribution in [0.2, 0.25) is 0 Å². The van der Waals surface area contributed by atoms with Crippen molar-refractivity contribution in [3.05, 3.63) is 45.7 Å². The molecule has 0 bridgehead atoms. The summed E-state index contributed by atoms with van der Waals surface area (Å²) < 4.78 is 8.66. The Balaban J connectivity index is 1.66. The van der Waals surface area contributed by atoms with E-state index in [2.05, 4.69) is 15.9 Å². The Morgan fingerprint density at radius 2 is 2.19 bits per heavy atom. The molecule has 2 aliphatic rings. The van der Waals surface area contributed by atoms with Crippen molar-refractivity contribution in [2.75, 3.05) is 20.2 Å². The maximum atomic E-state index is 13.1. The molecule has 0 spiro atoms. The van der Waals surface area contributed by atoms with Gasteiger partial charge in [0.1, 0.15) is 0 Å². The third-order valence-electron chi connectivity index (χ3n) is 5.28. The molecule has 0 N–H and O–H groups in total. The number of benzene rings is 1. The summed E-state index contributed by atoms with van der Waals surface area (Å²) >= 11 is 3.53. The molecule has 26 heavy (non-hydrogen) atoms. The monoisotopic (exact) mass is 417 g/mol. The molecule has 1 aliphatic heterocycles. The Morgan fingerprint density at radius 3 is 2.96 bits per heavy atom. The maximum Gasteiger partial charge on any atom is 0.274 e. The number of carbonyl (C=O) groups is 1. The first-order valence-electron chi connectivity index (χ1n) is 9.37. The number of halogens is 1. The molecule has 1 saturated heterocycles. The largest absolute Gasteiger partial charge is 0.376 e. The van der Waals surface area contributed by atoms with Crippen molar-refractivity contribution < 1.29 is 9.53 Å². The number of likely N-dealkylation sites (N-methyl/N-ethyl adjacent to an activating group) is 1. The maximum absolute atomic E-state index is 13.1. The van der Waals surface area contributed by atoms with Crippen LogP contribution in [0.15, 0.2) is 28.7 Å². The second-order valence-corrected chi connectivity index (χ2v) is 8.11. The van der Waals surface area contributed by atoms with Gasteiger partial charge in [0, 0.05) is 35.9 Å². The highest BCUT2D eigenvalue weighted by atomic mass is 79.9. The molecule has 1 aromatic heterocycles. The van der Waals surface area contributed by atoms with Crippen LogP contribution in [0.25, 0.3) is 5.69 Å². The van der Waals surface area contributed by atoms with Gasteiger partial charge in [-0.3, -0.25) is 4.79 Å². The lowest BCUT2D eigenvalue weighted by molar-refractivity contribution is 0.0581. The van der Waals surface area contributed by atoms with Crippen molar-refractivity contribution in [1.82, 2.24) is 14.7 Å². The van der Waals surface area contributed by atoms with Gasteiger partial charge in [0.05, 0.1) is 11.8 Å². The molecule has 1 unspecified atom stereocenters. The average molecular weight is 418 g/mol. The van der Waals surface area contributed by atoms with Gasteiger partial charge < -0.3 is 9.64 Å². The molecular formula is C20H24BrN3O2. The zero-order valence-corrected chi connectivity index (χ0v) is 16.7. The molecule has 1 aromatic carbocycles. The highest BCUT2D eigenvalue weighted by molar-refractivity contribution is 9.10. The van der Waals surface area contributed by atoms with Crippen LogP contribution in [0.5, 0.6) is 0 Å². The van der Waals surface area contributed by atoms with E-state index in [0.29, 0.717) is 12.2 Å². The van der Waals surface area contributed by atoms with Gasteiger partial charge in [-0.15, -0.1) is 0 Å². The van der Waals surface area contributed by atoms with Crippen LogP contribution in [-0.2, 0) is 17.6 Å². The van der Waals surface area contributed by atoms with E-state index in [1.54, 1.807) is 4.90 Å². The van der Waals surface area contributed by atoms with Gasteiger partial charge in [-0.25, -0.2) is 4.68 Å². The normalized spacial score (nSPS) is 19.4. The SMILES string of the molecule is CN(CC1CCCO1)C(=O)c1nn(-c2cccc(Br)c2)c2c1CCCC2. The summed E-state index contributed by atoms with van der Waals surface area (Å²) in [5.74, 6) is 0.00685. The van der Waals surface area contributed by atoms with Crippen molar-refractivity contribution in [2.45, 2.75) is 44.6 Å². The summed E-state index contributed by atoms with van der Waals surface area (Å²) in [6.07, 6.45) is 6.43. The van der Waals surface area contributed by atoms with Crippen LogP contribution >= 0.6 is 15.9 Å². The molecule has 1 amide bonds. The van der Waals surface area contributed by atoms with E-state index >= 15 is 0 Å². The number of fused-ring (bicyclic) bond motifs is 1. The number of hydrogen-bond donors (Lipinski definition) is 0. The second-order valence-electron chi connectivity index (χ2n) is 7.19. The summed E-state index contributed by atoms with van der Waals surface area (Å²) in [5.41, 5.74) is 3.92. The molecule has 1 atom stereocenters. The lowest BCUT2D eigenvalue weighted by atomic mass is 9.95. The van der Waals surface area contributed by atoms with E-state index < -0.39 is 0 Å². The first-order valence-corrected chi connectivity index (χ1v) is 10.2. The Labute approximate surface area is 162 Å². The lowest BCUT2D eigenvalue weighted by Crippen LogP contribution is -2.34. The molecule has 6 heteroatoms. The lowest BCUT2D eigenvalue weighted by Gasteiger charge is -2.21. The van der Waals surface area contributed by atoms with Gasteiger partial charge in [-0.1, -0.05) is 22.0 Å². The first kappa shape index (κ1) is 17.7. The molecule has 0 saturated carbocycles. The van der Waals surface area contributed by atoms with Crippen LogP contribution in [0.4, 0.5) is 0 Å². The number of amides is 1. The molecular weight excluding hydrogens is 394 g/mol. The number of hydrogen-bond acceptors (Lipinski definition) is 3. The van der Waals surface area contributed by atoms with E-state index in [9.17, 15) is 4.79 Å². The third-order valence-corrected chi connectivity index (χ3v) is 5.78. The van der Waals surface area contributed by atoms with E-state index in [0.717, 1.165) is 60.9 Å². The van der Waals surface area contributed by atoms with E-state index in [1.807, 2.05) is 36.0 Å². The molecule has 1 aliphatic carbocycles. The fourth-order valence-corrected chi connectivity index (χ4v) is 4.34. The molecule has 0 radical (unpaired) electrons. The topological polar surface area (TPSA) is 47.4 Å². The Kier molecular flexibility index (Phi) is 5.14. The number of rotatable bonds is 4. The first-order chi connectivity index (χ1) is 12.6. The highest BCUT2D eigenvalue weighted by Crippen LogP contribution is 2.28. The van der Waals surface area contributed by atoms with Gasteiger partial charge in [0.15, 0.2) is 5.69 Å². The number of aromatic nitrogens is 2. The van der Waals surface area contributed by atoms with Crippen LogP contribution in [-0.4, -0.2) is 46.9 Å². The fraction of sp³-hybridized carbons (Fsp3) is 0.500. The van der Waals surface area contributed by atoms with E-state index in [4.69, 9.17) is 9.84 Å². The van der Waals surface area contributed by atoms with Crippen LogP contribution < -0.4 is 0 Å². The molecule has 2 heterocycles. The van der Waals surface area contributed by atoms with Crippen LogP contribution in [0.1, 0.15) is 47.4 Å². The minimum Gasteiger partial charge on any atom is -0.376 e. The summed E-state index contributed by atoms with van der Waals surface area (Å²) in [6.45, 7) is 1.44. The van der Waals surface area contributed by atoms with E-state index in [-0.39, 0.29) is 12.0 Å². The van der Waals surface area contributed by atoms with Gasteiger partial charge >= 0.3 is 0 Å². The van der Waals surface area contributed by atoms with Crippen molar-refractivity contribution in [3.8, 4) is 5.69 Å². The van der Waals surface area contributed by atoms with Gasteiger partial charge in [0.2, 0.25) is 0 Å². The minimum atomic E-state index is 0.00685. The molecule has 138 valence electrons. The van der Waals surface area contributed by atoms with Crippen LogP contribution in [0.3, 0.4) is 0 Å². The smallest absolute Gasteiger partial charge is 0.274 e. The number of nitrogens with zero attached hydrogens (tertiary/aromatic N) is 3. The summed E-state index contributed by atoms with van der Waals surface area (Å²) in [7, 11) is 1.86. The molecule has 5 nitrogen and oxygen atoms in total. The molecule has 2 aromatic rings. The molecule has 4 rings (SSSR count). The van der Waals surface area contributed by atoms with Crippen molar-refractivity contribution >= 4 is 21.8 Å². The Hall–Kier alpha value is -1.66. The molecule has 1 fully saturated rings. The van der Waals surface area contributed by atoms with Crippen molar-refractivity contribution in [1.29, 1.82) is 0 Å². The van der Waals surface area contributed by atoms with Gasteiger partial charge in [-0.2, -0.15) is 5.10 Å². The number of ether oxygens (including phenoxy) is 1. The minimum absolute atomic E-state index is 0.00685. The van der Waals surface area contributed by atoms with Crippen molar-refractivity contribution in [2.24, 2.45) is 0 Å². The summed E-state index contributed by atoms with van der Waals surface area (Å²) in [4.78, 5) is 14.9. The Bertz CT molecular complexity index is 811. The van der Waals surface area contributed by atoms with Crippen molar-refractivity contribution in [3.63, 3.8) is 0 Å². The second kappa shape index (κ2) is 7.53. The zero-order chi connectivity index (χ0) is 18.1. The average Bonchev–Trinajstić information content (AvgIpc) is 3.28. The highest BCUT2D eigenvalue weighted by Gasteiger charge is 2.29. The third kappa shape index (κ3) is 3.45. The zero-order valence-electron chi connectivity index (χ0n) is 15.1. The number of carbonyl (C=O) groups excluding carboxylic acids is 1. The van der Waals surface area contributed by atoms with Crippen LogP contribution in [0, 0.1) is 0 Å². The Morgan fingerprint density at radius 1 is 1.35 bits per heavy atom. The summed E-state index contributed by atoms with van der Waals surface area (Å²) in [5, 5.41) is 4.76. The van der Waals surface area contributed by atoms with Gasteiger partial charge in [-0.05, 0) is 56.7 Å². The quantitative estimate of drug-likeness (QED) is 0.760. The fourth-order valence-electron chi connectivity index (χ4n) is 3.95.